The molecule has 76 valence electrons. The van der Waals surface area contributed by atoms with Crippen LogP contribution in [0.4, 0.5) is 0 Å². The average molecular weight is 201 g/mol. The zero-order valence-electron chi connectivity index (χ0n) is 8.96. The molecule has 0 atom stereocenters. The molecule has 13 heavy (non-hydrogen) atoms. The maximum Gasteiger partial charge on any atom is 0.225 e. The number of thioether (sulfide) groups is 1. The fourth-order valence-electron chi connectivity index (χ4n) is 1.57. The molecule has 0 aromatic rings. The van der Waals surface area contributed by atoms with Crippen molar-refractivity contribution in [1.29, 1.82) is 0 Å². The van der Waals surface area contributed by atoms with Crippen LogP contribution in [0.5, 0.6) is 0 Å². The fraction of sp³-hybridized carbons (Fsp3) is 0.900. The Morgan fingerprint density at radius 2 is 2.08 bits per heavy atom. The van der Waals surface area contributed by atoms with Crippen molar-refractivity contribution in [1.82, 2.24) is 4.90 Å². The highest BCUT2D eigenvalue weighted by Gasteiger charge is 2.30. The van der Waals surface area contributed by atoms with Crippen LogP contribution in [0.2, 0.25) is 0 Å². The van der Waals surface area contributed by atoms with Crippen LogP contribution in [0.25, 0.3) is 0 Å². The molecule has 1 saturated heterocycles. The Hall–Kier alpha value is -0.180. The van der Waals surface area contributed by atoms with Gasteiger partial charge in [-0.25, -0.2) is 0 Å². The molecule has 1 heterocycles. The van der Waals surface area contributed by atoms with Crippen LogP contribution in [0.3, 0.4) is 0 Å². The summed E-state index contributed by atoms with van der Waals surface area (Å²) in [5.74, 6) is 1.51. The van der Waals surface area contributed by atoms with E-state index < -0.39 is 0 Å². The van der Waals surface area contributed by atoms with Crippen LogP contribution < -0.4 is 0 Å². The highest BCUT2D eigenvalue weighted by Crippen LogP contribution is 2.29. The predicted octanol–water partition coefficient (Wildman–Crippen LogP) is 2.00. The van der Waals surface area contributed by atoms with Gasteiger partial charge in [0.2, 0.25) is 5.91 Å². The van der Waals surface area contributed by atoms with Crippen LogP contribution in [0, 0.1) is 5.92 Å². The van der Waals surface area contributed by atoms with Crippen molar-refractivity contribution in [2.24, 2.45) is 5.92 Å². The molecule has 0 aromatic heterocycles. The predicted molar refractivity (Wildman–Crippen MR) is 58.0 cm³/mol. The summed E-state index contributed by atoms with van der Waals surface area (Å²) in [6, 6.07) is 0. The molecule has 2 nitrogen and oxygen atoms in total. The summed E-state index contributed by atoms with van der Waals surface area (Å²) < 4.78 is 0.239. The third-order valence-electron chi connectivity index (χ3n) is 2.23. The van der Waals surface area contributed by atoms with E-state index in [0.29, 0.717) is 5.91 Å². The molecule has 0 spiro atoms. The van der Waals surface area contributed by atoms with Crippen LogP contribution in [-0.2, 0) is 4.79 Å². The van der Waals surface area contributed by atoms with Gasteiger partial charge >= 0.3 is 0 Å². The van der Waals surface area contributed by atoms with Gasteiger partial charge in [-0.1, -0.05) is 13.8 Å². The van der Waals surface area contributed by atoms with Crippen LogP contribution >= 0.6 is 11.8 Å². The highest BCUT2D eigenvalue weighted by atomic mass is 32.2. The Kier molecular flexibility index (Phi) is 3.28. The first-order chi connectivity index (χ1) is 5.92. The van der Waals surface area contributed by atoms with Crippen molar-refractivity contribution >= 4 is 17.7 Å². The zero-order chi connectivity index (χ0) is 10.1. The maximum atomic E-state index is 11.7. The smallest absolute Gasteiger partial charge is 0.225 e. The summed E-state index contributed by atoms with van der Waals surface area (Å²) in [4.78, 5) is 13.7. The van der Waals surface area contributed by atoms with Gasteiger partial charge in [0.25, 0.3) is 0 Å². The highest BCUT2D eigenvalue weighted by molar-refractivity contribution is 8.00. The molecule has 0 aliphatic carbocycles. The number of rotatable bonds is 1. The van der Waals surface area contributed by atoms with E-state index in [0.717, 1.165) is 18.8 Å². The van der Waals surface area contributed by atoms with E-state index in [1.54, 1.807) is 0 Å². The van der Waals surface area contributed by atoms with Crippen LogP contribution in [0.1, 0.15) is 27.7 Å². The first-order valence-electron chi connectivity index (χ1n) is 4.85. The Bertz CT molecular complexity index is 201. The third kappa shape index (κ3) is 2.90. The fourth-order valence-corrected chi connectivity index (χ4v) is 2.68. The number of amides is 1. The van der Waals surface area contributed by atoms with Crippen molar-refractivity contribution < 1.29 is 4.79 Å². The lowest BCUT2D eigenvalue weighted by Gasteiger charge is -2.38. The van der Waals surface area contributed by atoms with E-state index in [-0.39, 0.29) is 10.7 Å². The second-order valence-electron chi connectivity index (χ2n) is 4.52. The number of carbonyl (C=O) groups is 1. The topological polar surface area (TPSA) is 20.3 Å². The van der Waals surface area contributed by atoms with Gasteiger partial charge in [-0.3, -0.25) is 4.79 Å². The largest absolute Gasteiger partial charge is 0.340 e. The lowest BCUT2D eigenvalue weighted by atomic mass is 10.1. The van der Waals surface area contributed by atoms with E-state index in [1.165, 1.54) is 0 Å². The quantitative estimate of drug-likeness (QED) is 0.646. The molecule has 0 radical (unpaired) electrons. The molecular formula is C10H19NOS. The standard InChI is InChI=1S/C10H19NOS/c1-8(2)9(12)11-5-6-13-10(3,4)7-11/h8H,5-7H2,1-4H3. The Labute approximate surface area is 85.1 Å². The molecule has 1 aliphatic heterocycles. The summed E-state index contributed by atoms with van der Waals surface area (Å²) >= 11 is 1.96. The minimum atomic E-state index is 0.138. The van der Waals surface area contributed by atoms with Gasteiger partial charge in [0, 0.05) is 29.5 Å². The SMILES string of the molecule is CC(C)C(=O)N1CCSC(C)(C)C1. The first-order valence-corrected chi connectivity index (χ1v) is 5.84. The molecule has 0 unspecified atom stereocenters. The molecule has 0 aromatic carbocycles. The summed E-state index contributed by atoms with van der Waals surface area (Å²) in [7, 11) is 0. The Morgan fingerprint density at radius 1 is 1.46 bits per heavy atom. The van der Waals surface area contributed by atoms with Gasteiger partial charge in [-0.2, -0.15) is 11.8 Å². The second-order valence-corrected chi connectivity index (χ2v) is 6.32. The minimum absolute atomic E-state index is 0.138. The molecule has 1 aliphatic rings. The molecule has 0 saturated carbocycles. The summed E-state index contributed by atoms with van der Waals surface area (Å²) in [6.07, 6.45) is 0. The lowest BCUT2D eigenvalue weighted by Crippen LogP contribution is -2.47. The number of hydrogen-bond donors (Lipinski definition) is 0. The first kappa shape index (κ1) is 10.9. The van der Waals surface area contributed by atoms with Gasteiger partial charge in [-0.15, -0.1) is 0 Å². The lowest BCUT2D eigenvalue weighted by molar-refractivity contribution is -0.134. The van der Waals surface area contributed by atoms with E-state index in [9.17, 15) is 4.79 Å². The van der Waals surface area contributed by atoms with Gasteiger partial charge < -0.3 is 4.90 Å². The van der Waals surface area contributed by atoms with Gasteiger partial charge in [0.05, 0.1) is 0 Å². The Morgan fingerprint density at radius 3 is 2.54 bits per heavy atom. The van der Waals surface area contributed by atoms with Gasteiger partial charge in [-0.05, 0) is 13.8 Å². The van der Waals surface area contributed by atoms with Gasteiger partial charge in [0.1, 0.15) is 0 Å². The van der Waals surface area contributed by atoms with Crippen molar-refractivity contribution in [3.05, 3.63) is 0 Å². The molecule has 1 amide bonds. The third-order valence-corrected chi connectivity index (χ3v) is 3.53. The van der Waals surface area contributed by atoms with Crippen LogP contribution in [-0.4, -0.2) is 34.4 Å². The van der Waals surface area contributed by atoms with Crippen molar-refractivity contribution in [2.75, 3.05) is 18.8 Å². The molecule has 3 heteroatoms. The second kappa shape index (κ2) is 3.91. The molecule has 1 fully saturated rings. The molecule has 0 bridgehead atoms. The molecular weight excluding hydrogens is 182 g/mol. The molecule has 0 N–H and O–H groups in total. The molecule has 1 rings (SSSR count). The summed E-state index contributed by atoms with van der Waals surface area (Å²) in [5, 5.41) is 0. The zero-order valence-corrected chi connectivity index (χ0v) is 9.78. The van der Waals surface area contributed by atoms with E-state index >= 15 is 0 Å². The average Bonchev–Trinajstić information content (AvgIpc) is 2.01. The minimum Gasteiger partial charge on any atom is -0.340 e. The maximum absolute atomic E-state index is 11.7. The summed E-state index contributed by atoms with van der Waals surface area (Å²) in [6.45, 7) is 10.2. The van der Waals surface area contributed by atoms with Gasteiger partial charge in [0.15, 0.2) is 0 Å². The normalized spacial score (nSPS) is 22.1. The monoisotopic (exact) mass is 201 g/mol. The number of hydrogen-bond acceptors (Lipinski definition) is 2. The van der Waals surface area contributed by atoms with Crippen molar-refractivity contribution in [3.8, 4) is 0 Å². The number of carbonyl (C=O) groups excluding carboxylic acids is 1. The van der Waals surface area contributed by atoms with Crippen molar-refractivity contribution in [3.63, 3.8) is 0 Å². The van der Waals surface area contributed by atoms with Crippen LogP contribution in [0.15, 0.2) is 0 Å². The van der Waals surface area contributed by atoms with E-state index in [1.807, 2.05) is 30.5 Å². The summed E-state index contributed by atoms with van der Waals surface area (Å²) in [5.41, 5.74) is 0. The van der Waals surface area contributed by atoms with Crippen molar-refractivity contribution in [2.45, 2.75) is 32.4 Å². The number of nitrogens with zero attached hydrogens (tertiary/aromatic N) is 1. The van der Waals surface area contributed by atoms with E-state index in [4.69, 9.17) is 0 Å². The Balaban J connectivity index is 2.57. The van der Waals surface area contributed by atoms with E-state index in [2.05, 4.69) is 13.8 Å².